The molecule has 0 radical (unpaired) electrons. The molecule has 0 bridgehead atoms. The Bertz CT molecular complexity index is 1040. The monoisotopic (exact) mass is 421 g/mol. The van der Waals surface area contributed by atoms with Crippen molar-refractivity contribution in [2.75, 3.05) is 19.8 Å². The first kappa shape index (κ1) is 21.0. The van der Waals surface area contributed by atoms with Crippen LogP contribution in [0.3, 0.4) is 0 Å². The molecule has 1 N–H and O–H groups in total. The summed E-state index contributed by atoms with van der Waals surface area (Å²) in [5, 5.41) is 11.2. The van der Waals surface area contributed by atoms with Gasteiger partial charge in [0.15, 0.2) is 0 Å². The Morgan fingerprint density at radius 3 is 2.81 bits per heavy atom. The number of Topliss-reactive ketones (excluding diaryl/α,β-unsaturated/α-hetero) is 1. The molecule has 6 nitrogen and oxygen atoms in total. The summed E-state index contributed by atoms with van der Waals surface area (Å²) in [4.78, 5) is 27.5. The molecule has 0 saturated carbocycles. The summed E-state index contributed by atoms with van der Waals surface area (Å²) in [5.74, 6) is 0.0685. The molecule has 0 spiro atoms. The number of likely N-dealkylation sites (tertiary alicyclic amines) is 1. The third kappa shape index (κ3) is 3.90. The molecule has 0 aromatic heterocycles. The first-order valence-electron chi connectivity index (χ1n) is 10.8. The number of fused-ring (bicyclic) bond motifs is 1. The van der Waals surface area contributed by atoms with Crippen molar-refractivity contribution >= 4 is 17.4 Å². The fraction of sp³-hybridized carbons (Fsp3) is 0.360. The standard InChI is InChI=1S/C25H27NO5/c1-3-5-12-26-22(17-7-6-8-19(15-17)30-4-2)21(24(28)25(26)29)23(27)18-9-10-20-16(14-18)11-13-31-20/h6-10,14-15,22,27H,3-5,11-13H2,1-2H3/b23-21-. The normalized spacial score (nSPS) is 19.4. The van der Waals surface area contributed by atoms with Gasteiger partial charge in [-0.25, -0.2) is 0 Å². The Morgan fingerprint density at radius 2 is 2.03 bits per heavy atom. The minimum absolute atomic E-state index is 0.119. The van der Waals surface area contributed by atoms with E-state index >= 15 is 0 Å². The number of rotatable bonds is 7. The van der Waals surface area contributed by atoms with Crippen LogP contribution in [0.25, 0.3) is 5.76 Å². The Morgan fingerprint density at radius 1 is 1.19 bits per heavy atom. The van der Waals surface area contributed by atoms with Crippen molar-refractivity contribution in [3.63, 3.8) is 0 Å². The highest BCUT2D eigenvalue weighted by molar-refractivity contribution is 6.46. The number of benzene rings is 2. The maximum Gasteiger partial charge on any atom is 0.295 e. The molecule has 1 amide bonds. The summed E-state index contributed by atoms with van der Waals surface area (Å²) in [6.07, 6.45) is 2.41. The number of nitrogens with zero attached hydrogens (tertiary/aromatic N) is 1. The quantitative estimate of drug-likeness (QED) is 0.411. The van der Waals surface area contributed by atoms with E-state index in [0.717, 1.165) is 36.1 Å². The maximum absolute atomic E-state index is 13.1. The van der Waals surface area contributed by atoms with Crippen LogP contribution in [0.5, 0.6) is 11.5 Å². The number of aliphatic hydroxyl groups is 1. The number of aliphatic hydroxyl groups excluding tert-OH is 1. The average Bonchev–Trinajstić information content (AvgIpc) is 3.34. The Kier molecular flexibility index (Phi) is 5.98. The van der Waals surface area contributed by atoms with Crippen molar-refractivity contribution < 1.29 is 24.2 Å². The van der Waals surface area contributed by atoms with E-state index in [1.165, 1.54) is 0 Å². The van der Waals surface area contributed by atoms with E-state index in [-0.39, 0.29) is 11.3 Å². The van der Waals surface area contributed by atoms with Crippen LogP contribution in [-0.4, -0.2) is 41.5 Å². The summed E-state index contributed by atoms with van der Waals surface area (Å²) in [6, 6.07) is 12.1. The van der Waals surface area contributed by atoms with Gasteiger partial charge in [0.25, 0.3) is 11.7 Å². The van der Waals surface area contributed by atoms with Crippen LogP contribution in [-0.2, 0) is 16.0 Å². The summed E-state index contributed by atoms with van der Waals surface area (Å²) in [6.45, 7) is 5.49. The molecular weight excluding hydrogens is 394 g/mol. The van der Waals surface area contributed by atoms with Crippen LogP contribution in [0.2, 0.25) is 0 Å². The average molecular weight is 421 g/mol. The molecule has 2 aromatic carbocycles. The molecule has 6 heteroatoms. The fourth-order valence-corrected chi connectivity index (χ4v) is 4.22. The lowest BCUT2D eigenvalue weighted by Crippen LogP contribution is -2.30. The number of hydrogen-bond donors (Lipinski definition) is 1. The number of ether oxygens (including phenoxy) is 2. The largest absolute Gasteiger partial charge is 0.507 e. The van der Waals surface area contributed by atoms with Gasteiger partial charge in [0.05, 0.1) is 24.8 Å². The van der Waals surface area contributed by atoms with Crippen molar-refractivity contribution in [2.24, 2.45) is 0 Å². The van der Waals surface area contributed by atoms with Gasteiger partial charge >= 0.3 is 0 Å². The zero-order chi connectivity index (χ0) is 22.0. The van der Waals surface area contributed by atoms with Gasteiger partial charge in [0, 0.05) is 18.5 Å². The fourth-order valence-electron chi connectivity index (χ4n) is 4.22. The molecular formula is C25H27NO5. The van der Waals surface area contributed by atoms with Gasteiger partial charge in [0.2, 0.25) is 0 Å². The molecule has 1 unspecified atom stereocenters. The predicted molar refractivity (Wildman–Crippen MR) is 117 cm³/mol. The number of amides is 1. The molecule has 4 rings (SSSR count). The first-order valence-corrected chi connectivity index (χ1v) is 10.8. The summed E-state index contributed by atoms with van der Waals surface area (Å²) in [5.41, 5.74) is 2.36. The molecule has 2 aromatic rings. The van der Waals surface area contributed by atoms with Gasteiger partial charge in [-0.2, -0.15) is 0 Å². The van der Waals surface area contributed by atoms with Crippen molar-refractivity contribution in [2.45, 2.75) is 39.2 Å². The zero-order valence-electron chi connectivity index (χ0n) is 17.9. The van der Waals surface area contributed by atoms with Crippen molar-refractivity contribution in [3.8, 4) is 11.5 Å². The Labute approximate surface area is 182 Å². The highest BCUT2D eigenvalue weighted by Crippen LogP contribution is 2.41. The van der Waals surface area contributed by atoms with Crippen LogP contribution in [0.15, 0.2) is 48.0 Å². The molecule has 162 valence electrons. The van der Waals surface area contributed by atoms with Gasteiger partial charge in [-0.3, -0.25) is 9.59 Å². The smallest absolute Gasteiger partial charge is 0.295 e. The summed E-state index contributed by atoms with van der Waals surface area (Å²) in [7, 11) is 0. The third-order valence-electron chi connectivity index (χ3n) is 5.74. The molecule has 1 fully saturated rings. The molecule has 31 heavy (non-hydrogen) atoms. The zero-order valence-corrected chi connectivity index (χ0v) is 17.9. The van der Waals surface area contributed by atoms with Crippen LogP contribution in [0.1, 0.15) is 49.4 Å². The summed E-state index contributed by atoms with van der Waals surface area (Å²) < 4.78 is 11.2. The number of carbonyl (C=O) groups is 2. The Balaban J connectivity index is 1.83. The lowest BCUT2D eigenvalue weighted by Gasteiger charge is -2.25. The first-order chi connectivity index (χ1) is 15.0. The molecule has 0 aliphatic carbocycles. The summed E-state index contributed by atoms with van der Waals surface area (Å²) >= 11 is 0. The molecule has 1 saturated heterocycles. The maximum atomic E-state index is 13.1. The van der Waals surface area contributed by atoms with Gasteiger partial charge in [-0.1, -0.05) is 25.5 Å². The van der Waals surface area contributed by atoms with Crippen LogP contribution >= 0.6 is 0 Å². The van der Waals surface area contributed by atoms with Crippen molar-refractivity contribution in [3.05, 3.63) is 64.7 Å². The van der Waals surface area contributed by atoms with E-state index in [1.54, 1.807) is 17.0 Å². The molecule has 1 atom stereocenters. The lowest BCUT2D eigenvalue weighted by molar-refractivity contribution is -0.139. The molecule has 2 aliphatic rings. The van der Waals surface area contributed by atoms with E-state index in [1.807, 2.05) is 44.2 Å². The minimum atomic E-state index is -0.656. The highest BCUT2D eigenvalue weighted by atomic mass is 16.5. The predicted octanol–water partition coefficient (Wildman–Crippen LogP) is 4.24. The molecule has 2 heterocycles. The van der Waals surface area contributed by atoms with E-state index < -0.39 is 17.7 Å². The SMILES string of the molecule is CCCCN1C(=O)C(=O)/C(=C(\O)c2ccc3c(c2)CCO3)C1c1cccc(OCC)c1. The topological polar surface area (TPSA) is 76.1 Å². The number of ketones is 1. The minimum Gasteiger partial charge on any atom is -0.507 e. The van der Waals surface area contributed by atoms with Crippen molar-refractivity contribution in [1.82, 2.24) is 4.90 Å². The second-order valence-electron chi connectivity index (χ2n) is 7.77. The third-order valence-corrected chi connectivity index (χ3v) is 5.74. The van der Waals surface area contributed by atoms with Gasteiger partial charge < -0.3 is 19.5 Å². The van der Waals surface area contributed by atoms with E-state index in [0.29, 0.717) is 31.1 Å². The number of carbonyl (C=O) groups excluding carboxylic acids is 2. The number of hydrogen-bond acceptors (Lipinski definition) is 5. The van der Waals surface area contributed by atoms with Gasteiger partial charge in [0.1, 0.15) is 17.3 Å². The van der Waals surface area contributed by atoms with Crippen LogP contribution in [0, 0.1) is 0 Å². The van der Waals surface area contributed by atoms with Gasteiger partial charge in [-0.05, 0) is 54.8 Å². The van der Waals surface area contributed by atoms with E-state index in [9.17, 15) is 14.7 Å². The second-order valence-corrected chi connectivity index (χ2v) is 7.77. The van der Waals surface area contributed by atoms with E-state index in [2.05, 4.69) is 0 Å². The molecule has 2 aliphatic heterocycles. The second kappa shape index (κ2) is 8.84. The van der Waals surface area contributed by atoms with Crippen LogP contribution < -0.4 is 9.47 Å². The van der Waals surface area contributed by atoms with Crippen LogP contribution in [0.4, 0.5) is 0 Å². The van der Waals surface area contributed by atoms with E-state index in [4.69, 9.17) is 9.47 Å². The Hall–Kier alpha value is -3.28. The highest BCUT2D eigenvalue weighted by Gasteiger charge is 2.45. The van der Waals surface area contributed by atoms with Gasteiger partial charge in [-0.15, -0.1) is 0 Å². The lowest BCUT2D eigenvalue weighted by atomic mass is 9.94. The number of unbranched alkanes of at least 4 members (excludes halogenated alkanes) is 1. The van der Waals surface area contributed by atoms with Crippen molar-refractivity contribution in [1.29, 1.82) is 0 Å².